The molecule has 0 saturated heterocycles. The Morgan fingerprint density at radius 3 is 2.32 bits per heavy atom. The van der Waals surface area contributed by atoms with Gasteiger partial charge in [-0.3, -0.25) is 9.80 Å². The number of carbonyl (C=O) groups is 2. The minimum Gasteiger partial charge on any atom is -0.478 e. The summed E-state index contributed by atoms with van der Waals surface area (Å²) in [6.45, 7) is 0. The van der Waals surface area contributed by atoms with Gasteiger partial charge in [0.1, 0.15) is 0 Å². The largest absolute Gasteiger partial charge is 0.478 e. The molecule has 19 heavy (non-hydrogen) atoms. The highest BCUT2D eigenvalue weighted by atomic mass is 32.2. The van der Waals surface area contributed by atoms with Crippen LogP contribution in [-0.2, 0) is 4.79 Å². The SMILES string of the molecule is N/N=C(/SCC(N)=O)N(N)c1ccc(C(=O)O)cc1. The van der Waals surface area contributed by atoms with Crippen LogP contribution in [0.15, 0.2) is 29.4 Å². The van der Waals surface area contributed by atoms with Gasteiger partial charge in [-0.25, -0.2) is 10.6 Å². The lowest BCUT2D eigenvalue weighted by Crippen LogP contribution is -2.37. The molecule has 1 aromatic rings. The monoisotopic (exact) mass is 283 g/mol. The summed E-state index contributed by atoms with van der Waals surface area (Å²) in [5.41, 5.74) is 5.62. The van der Waals surface area contributed by atoms with Crippen LogP contribution in [0.3, 0.4) is 0 Å². The maximum Gasteiger partial charge on any atom is 0.335 e. The smallest absolute Gasteiger partial charge is 0.335 e. The van der Waals surface area contributed by atoms with Crippen molar-refractivity contribution in [2.45, 2.75) is 0 Å². The summed E-state index contributed by atoms with van der Waals surface area (Å²) in [7, 11) is 0. The van der Waals surface area contributed by atoms with Crippen molar-refractivity contribution in [2.75, 3.05) is 10.8 Å². The van der Waals surface area contributed by atoms with Crippen molar-refractivity contribution >= 4 is 34.5 Å². The van der Waals surface area contributed by atoms with Gasteiger partial charge in [-0.05, 0) is 24.3 Å². The van der Waals surface area contributed by atoms with Crippen molar-refractivity contribution < 1.29 is 14.7 Å². The summed E-state index contributed by atoms with van der Waals surface area (Å²) in [4.78, 5) is 21.4. The molecule has 1 aromatic carbocycles. The number of aromatic carboxylic acids is 1. The van der Waals surface area contributed by atoms with Crippen LogP contribution in [0, 0.1) is 0 Å². The normalized spacial score (nSPS) is 11.1. The van der Waals surface area contributed by atoms with Crippen LogP contribution in [0.5, 0.6) is 0 Å². The number of hydrazone groups is 1. The molecule has 0 heterocycles. The maximum atomic E-state index is 10.7. The number of amides is 1. The van der Waals surface area contributed by atoms with E-state index >= 15 is 0 Å². The van der Waals surface area contributed by atoms with Gasteiger partial charge in [-0.15, -0.1) is 0 Å². The van der Waals surface area contributed by atoms with Gasteiger partial charge in [0.25, 0.3) is 0 Å². The molecule has 0 unspecified atom stereocenters. The Morgan fingerprint density at radius 2 is 1.89 bits per heavy atom. The predicted octanol–water partition coefficient (Wildman–Crippen LogP) is -0.487. The second-order valence-corrected chi connectivity index (χ2v) is 4.33. The molecule has 0 bridgehead atoms. The molecule has 0 aliphatic carbocycles. The van der Waals surface area contributed by atoms with E-state index in [4.69, 9.17) is 22.5 Å². The molecule has 0 spiro atoms. The number of nitrogens with zero attached hydrogens (tertiary/aromatic N) is 2. The van der Waals surface area contributed by atoms with Crippen molar-refractivity contribution in [2.24, 2.45) is 22.5 Å². The molecule has 0 aliphatic heterocycles. The predicted molar refractivity (Wildman–Crippen MR) is 73.3 cm³/mol. The molecule has 7 N–H and O–H groups in total. The van der Waals surface area contributed by atoms with Gasteiger partial charge < -0.3 is 16.7 Å². The van der Waals surface area contributed by atoms with Crippen LogP contribution >= 0.6 is 11.8 Å². The standard InChI is InChI=1S/C10H13N5O3S/c11-8(16)5-19-10(14-12)15(13)7-3-1-6(2-4-7)9(17)18/h1-4H,5,12-13H2,(H2,11,16)(H,17,18)/b14-10+. The second-order valence-electron chi connectivity index (χ2n) is 3.39. The highest BCUT2D eigenvalue weighted by Gasteiger charge is 2.12. The van der Waals surface area contributed by atoms with Gasteiger partial charge in [0.15, 0.2) is 0 Å². The number of carbonyl (C=O) groups excluding carboxylic acids is 1. The molecule has 0 saturated carbocycles. The molecule has 0 atom stereocenters. The van der Waals surface area contributed by atoms with Gasteiger partial charge in [0, 0.05) is 0 Å². The Bertz CT molecular complexity index is 502. The quantitative estimate of drug-likeness (QED) is 0.252. The number of benzene rings is 1. The molecular formula is C10H13N5O3S. The van der Waals surface area contributed by atoms with Gasteiger partial charge >= 0.3 is 5.97 Å². The van der Waals surface area contributed by atoms with Gasteiger partial charge in [0.2, 0.25) is 11.1 Å². The molecule has 1 amide bonds. The second kappa shape index (κ2) is 6.61. The van der Waals surface area contributed by atoms with Crippen LogP contribution in [0.4, 0.5) is 5.69 Å². The summed E-state index contributed by atoms with van der Waals surface area (Å²) >= 11 is 0.978. The van der Waals surface area contributed by atoms with E-state index in [0.717, 1.165) is 16.8 Å². The average Bonchev–Trinajstić information content (AvgIpc) is 2.39. The molecule has 0 aliphatic rings. The van der Waals surface area contributed by atoms with E-state index < -0.39 is 11.9 Å². The van der Waals surface area contributed by atoms with Crippen molar-refractivity contribution in [3.8, 4) is 0 Å². The van der Waals surface area contributed by atoms with Gasteiger partial charge in [-0.1, -0.05) is 11.8 Å². The number of primary amides is 1. The van der Waals surface area contributed by atoms with E-state index in [1.807, 2.05) is 0 Å². The third-order valence-electron chi connectivity index (χ3n) is 2.05. The Balaban J connectivity index is 2.82. The summed E-state index contributed by atoms with van der Waals surface area (Å²) in [6.07, 6.45) is 0. The fraction of sp³-hybridized carbons (Fsp3) is 0.100. The fourth-order valence-corrected chi connectivity index (χ4v) is 1.77. The van der Waals surface area contributed by atoms with E-state index in [9.17, 15) is 9.59 Å². The number of anilines is 1. The number of hydrazine groups is 1. The Hall–Kier alpha value is -2.26. The Labute approximate surface area is 113 Å². The molecule has 0 aromatic heterocycles. The van der Waals surface area contributed by atoms with Crippen LogP contribution in [0.1, 0.15) is 10.4 Å². The fourth-order valence-electron chi connectivity index (χ4n) is 1.18. The number of hydrogen-bond donors (Lipinski definition) is 4. The summed E-state index contributed by atoms with van der Waals surface area (Å²) in [5, 5.41) is 13.5. The maximum absolute atomic E-state index is 10.7. The lowest BCUT2D eigenvalue weighted by Gasteiger charge is -2.18. The molecule has 1 rings (SSSR count). The lowest BCUT2D eigenvalue weighted by molar-refractivity contribution is -0.115. The molecular weight excluding hydrogens is 270 g/mol. The van der Waals surface area contributed by atoms with Crippen molar-refractivity contribution in [3.05, 3.63) is 29.8 Å². The van der Waals surface area contributed by atoms with E-state index in [1.165, 1.54) is 24.3 Å². The Kier molecular flexibility index (Phi) is 5.15. The number of carboxylic acid groups (broad SMARTS) is 1. The van der Waals surface area contributed by atoms with Crippen molar-refractivity contribution in [1.82, 2.24) is 0 Å². The number of nitrogens with two attached hydrogens (primary N) is 3. The summed E-state index contributed by atoms with van der Waals surface area (Å²) in [5.74, 6) is 9.36. The minimum absolute atomic E-state index is 0.0169. The van der Waals surface area contributed by atoms with E-state index in [0.29, 0.717) is 5.69 Å². The number of hydrogen-bond acceptors (Lipinski definition) is 6. The highest BCUT2D eigenvalue weighted by molar-refractivity contribution is 8.14. The summed E-state index contributed by atoms with van der Waals surface area (Å²) in [6, 6.07) is 5.79. The first-order valence-electron chi connectivity index (χ1n) is 5.03. The molecule has 0 radical (unpaired) electrons. The molecule has 102 valence electrons. The minimum atomic E-state index is -1.04. The van der Waals surface area contributed by atoms with Crippen LogP contribution in [-0.4, -0.2) is 27.9 Å². The first-order chi connectivity index (χ1) is 8.95. The number of amidine groups is 1. The van der Waals surface area contributed by atoms with Gasteiger partial charge in [-0.2, -0.15) is 5.10 Å². The zero-order valence-corrected chi connectivity index (χ0v) is 10.6. The van der Waals surface area contributed by atoms with Crippen LogP contribution in [0.2, 0.25) is 0 Å². The zero-order chi connectivity index (χ0) is 14.4. The lowest BCUT2D eigenvalue weighted by atomic mass is 10.2. The topological polar surface area (TPSA) is 148 Å². The third-order valence-corrected chi connectivity index (χ3v) is 3.04. The van der Waals surface area contributed by atoms with Crippen LogP contribution < -0.4 is 22.4 Å². The zero-order valence-electron chi connectivity index (χ0n) is 9.81. The van der Waals surface area contributed by atoms with Gasteiger partial charge in [0.05, 0.1) is 17.0 Å². The average molecular weight is 283 g/mol. The third kappa shape index (κ3) is 4.16. The number of thioether (sulfide) groups is 1. The number of carboxylic acids is 1. The van der Waals surface area contributed by atoms with Crippen LogP contribution in [0.25, 0.3) is 0 Å². The number of rotatable bonds is 4. The first-order valence-corrected chi connectivity index (χ1v) is 6.01. The highest BCUT2D eigenvalue weighted by Crippen LogP contribution is 2.17. The van der Waals surface area contributed by atoms with E-state index in [2.05, 4.69) is 5.10 Å². The van der Waals surface area contributed by atoms with Crippen molar-refractivity contribution in [3.63, 3.8) is 0 Å². The molecule has 0 fully saturated rings. The molecule has 9 heteroatoms. The Morgan fingerprint density at radius 1 is 1.32 bits per heavy atom. The molecule has 8 nitrogen and oxygen atoms in total. The van der Waals surface area contributed by atoms with Crippen molar-refractivity contribution in [1.29, 1.82) is 0 Å². The summed E-state index contributed by atoms with van der Waals surface area (Å²) < 4.78 is 0. The first kappa shape index (κ1) is 14.8. The van der Waals surface area contributed by atoms with E-state index in [-0.39, 0.29) is 16.5 Å². The van der Waals surface area contributed by atoms with E-state index in [1.54, 1.807) is 0 Å².